The molecule has 4 nitrogen and oxygen atoms in total. The molecule has 0 unspecified atom stereocenters. The largest absolute Gasteiger partial charge is 0.397 e. The molecular formula is C12H17N3O. The van der Waals surface area contributed by atoms with Gasteiger partial charge in [0, 0.05) is 25.8 Å². The van der Waals surface area contributed by atoms with Crippen molar-refractivity contribution in [1.29, 1.82) is 0 Å². The van der Waals surface area contributed by atoms with E-state index in [0.29, 0.717) is 17.9 Å². The summed E-state index contributed by atoms with van der Waals surface area (Å²) in [5.74, 6) is 0.0721. The van der Waals surface area contributed by atoms with Gasteiger partial charge >= 0.3 is 0 Å². The summed E-state index contributed by atoms with van der Waals surface area (Å²) in [6, 6.07) is 1.75. The van der Waals surface area contributed by atoms with E-state index < -0.39 is 0 Å². The minimum atomic E-state index is 0.0721. The van der Waals surface area contributed by atoms with Crippen molar-refractivity contribution in [2.24, 2.45) is 0 Å². The number of rotatable bonds is 2. The standard InChI is InChI=1S/C12H17N3O/c1-2-14-9-10(13)8-11(14)12(16)15-6-4-3-5-7-15/h3-4,8-9H,2,5-7,13H2,1H3. The van der Waals surface area contributed by atoms with Crippen molar-refractivity contribution in [3.05, 3.63) is 30.1 Å². The van der Waals surface area contributed by atoms with E-state index in [-0.39, 0.29) is 5.91 Å². The lowest BCUT2D eigenvalue weighted by Gasteiger charge is -2.23. The number of aryl methyl sites for hydroxylation is 1. The Morgan fingerprint density at radius 3 is 2.94 bits per heavy atom. The summed E-state index contributed by atoms with van der Waals surface area (Å²) in [7, 11) is 0. The van der Waals surface area contributed by atoms with E-state index in [1.54, 1.807) is 6.07 Å². The predicted molar refractivity (Wildman–Crippen MR) is 64.2 cm³/mol. The fraction of sp³-hybridized carbons (Fsp3) is 0.417. The highest BCUT2D eigenvalue weighted by atomic mass is 16.2. The zero-order valence-electron chi connectivity index (χ0n) is 9.52. The third kappa shape index (κ3) is 1.96. The molecule has 0 fully saturated rings. The summed E-state index contributed by atoms with van der Waals surface area (Å²) in [5.41, 5.74) is 7.06. The van der Waals surface area contributed by atoms with E-state index in [0.717, 1.165) is 19.5 Å². The van der Waals surface area contributed by atoms with Crippen molar-refractivity contribution in [2.75, 3.05) is 18.8 Å². The molecule has 2 rings (SSSR count). The number of anilines is 1. The van der Waals surface area contributed by atoms with Crippen molar-refractivity contribution in [1.82, 2.24) is 9.47 Å². The van der Waals surface area contributed by atoms with Gasteiger partial charge in [0.15, 0.2) is 0 Å². The minimum Gasteiger partial charge on any atom is -0.397 e. The van der Waals surface area contributed by atoms with Crippen molar-refractivity contribution < 1.29 is 4.79 Å². The average Bonchev–Trinajstić information content (AvgIpc) is 2.70. The Morgan fingerprint density at radius 2 is 2.31 bits per heavy atom. The summed E-state index contributed by atoms with van der Waals surface area (Å²) < 4.78 is 1.90. The van der Waals surface area contributed by atoms with E-state index in [9.17, 15) is 4.79 Å². The van der Waals surface area contributed by atoms with E-state index in [1.807, 2.05) is 28.7 Å². The molecule has 1 aliphatic heterocycles. The number of hydrogen-bond acceptors (Lipinski definition) is 2. The third-order valence-corrected chi connectivity index (χ3v) is 2.82. The van der Waals surface area contributed by atoms with Gasteiger partial charge in [-0.15, -0.1) is 0 Å². The van der Waals surface area contributed by atoms with E-state index >= 15 is 0 Å². The second-order valence-corrected chi connectivity index (χ2v) is 3.96. The Bertz CT molecular complexity index is 420. The summed E-state index contributed by atoms with van der Waals surface area (Å²) >= 11 is 0. The van der Waals surface area contributed by atoms with Gasteiger partial charge in [0.25, 0.3) is 5.91 Å². The van der Waals surface area contributed by atoms with Crippen LogP contribution < -0.4 is 5.73 Å². The molecular weight excluding hydrogens is 202 g/mol. The number of amides is 1. The fourth-order valence-electron chi connectivity index (χ4n) is 1.96. The second kappa shape index (κ2) is 4.43. The van der Waals surface area contributed by atoms with Crippen LogP contribution in [0.15, 0.2) is 24.4 Å². The Morgan fingerprint density at radius 1 is 1.50 bits per heavy atom. The van der Waals surface area contributed by atoms with Crippen LogP contribution in [0.4, 0.5) is 5.69 Å². The van der Waals surface area contributed by atoms with E-state index in [1.165, 1.54) is 0 Å². The molecule has 16 heavy (non-hydrogen) atoms. The van der Waals surface area contributed by atoms with Crippen molar-refractivity contribution >= 4 is 11.6 Å². The maximum atomic E-state index is 12.2. The molecule has 2 heterocycles. The summed E-state index contributed by atoms with van der Waals surface area (Å²) in [4.78, 5) is 14.1. The zero-order valence-corrected chi connectivity index (χ0v) is 9.52. The minimum absolute atomic E-state index is 0.0721. The van der Waals surface area contributed by atoms with Crippen molar-refractivity contribution in [3.63, 3.8) is 0 Å². The smallest absolute Gasteiger partial charge is 0.270 e. The van der Waals surface area contributed by atoms with Crippen LogP contribution >= 0.6 is 0 Å². The second-order valence-electron chi connectivity index (χ2n) is 3.96. The number of hydrogen-bond donors (Lipinski definition) is 1. The molecule has 0 saturated carbocycles. The lowest BCUT2D eigenvalue weighted by atomic mass is 10.2. The van der Waals surface area contributed by atoms with Crippen LogP contribution in [0.5, 0.6) is 0 Å². The van der Waals surface area contributed by atoms with E-state index in [4.69, 9.17) is 5.73 Å². The number of nitrogen functional groups attached to an aromatic ring is 1. The summed E-state index contributed by atoms with van der Waals surface area (Å²) in [6.07, 6.45) is 6.89. The first kappa shape index (κ1) is 10.8. The maximum Gasteiger partial charge on any atom is 0.270 e. The van der Waals surface area contributed by atoms with Crippen LogP contribution in [0.1, 0.15) is 23.8 Å². The van der Waals surface area contributed by atoms with Crippen LogP contribution in [-0.2, 0) is 6.54 Å². The first-order valence-electron chi connectivity index (χ1n) is 5.62. The number of carbonyl (C=O) groups excluding carboxylic acids is 1. The summed E-state index contributed by atoms with van der Waals surface area (Å²) in [6.45, 7) is 4.27. The molecule has 1 aromatic heterocycles. The third-order valence-electron chi connectivity index (χ3n) is 2.82. The van der Waals surface area contributed by atoms with Gasteiger partial charge in [-0.3, -0.25) is 4.79 Å². The van der Waals surface area contributed by atoms with Crippen LogP contribution in [0.3, 0.4) is 0 Å². The van der Waals surface area contributed by atoms with Gasteiger partial charge in [0.2, 0.25) is 0 Å². The van der Waals surface area contributed by atoms with Crippen LogP contribution in [0.2, 0.25) is 0 Å². The molecule has 0 atom stereocenters. The van der Waals surface area contributed by atoms with Crippen LogP contribution in [-0.4, -0.2) is 28.5 Å². The van der Waals surface area contributed by atoms with Crippen LogP contribution in [0.25, 0.3) is 0 Å². The Labute approximate surface area is 95.3 Å². The average molecular weight is 219 g/mol. The maximum absolute atomic E-state index is 12.2. The number of nitrogens with two attached hydrogens (primary N) is 1. The highest BCUT2D eigenvalue weighted by Gasteiger charge is 2.19. The van der Waals surface area contributed by atoms with Gasteiger partial charge in [-0.1, -0.05) is 12.2 Å². The number of carbonyl (C=O) groups is 1. The SMILES string of the molecule is CCn1cc(N)cc1C(=O)N1CC=CCC1. The Hall–Kier alpha value is -1.71. The topological polar surface area (TPSA) is 51.3 Å². The first-order chi connectivity index (χ1) is 7.72. The van der Waals surface area contributed by atoms with Gasteiger partial charge in [-0.2, -0.15) is 0 Å². The number of aromatic nitrogens is 1. The van der Waals surface area contributed by atoms with Crippen molar-refractivity contribution in [3.8, 4) is 0 Å². The number of nitrogens with zero attached hydrogens (tertiary/aromatic N) is 2. The van der Waals surface area contributed by atoms with Crippen LogP contribution in [0, 0.1) is 0 Å². The molecule has 0 aromatic carbocycles. The highest BCUT2D eigenvalue weighted by Crippen LogP contribution is 2.14. The molecule has 1 aromatic rings. The lowest BCUT2D eigenvalue weighted by Crippen LogP contribution is -2.34. The molecule has 0 saturated heterocycles. The van der Waals surface area contributed by atoms with Gasteiger partial charge in [-0.05, 0) is 19.4 Å². The van der Waals surface area contributed by atoms with Gasteiger partial charge in [0.05, 0.1) is 5.69 Å². The quantitative estimate of drug-likeness (QED) is 0.766. The lowest BCUT2D eigenvalue weighted by molar-refractivity contribution is 0.0760. The zero-order chi connectivity index (χ0) is 11.5. The van der Waals surface area contributed by atoms with Gasteiger partial charge in [-0.25, -0.2) is 0 Å². The molecule has 0 aliphatic carbocycles. The molecule has 4 heteroatoms. The predicted octanol–water partition coefficient (Wildman–Crippen LogP) is 1.49. The molecule has 1 amide bonds. The monoisotopic (exact) mass is 219 g/mol. The molecule has 0 spiro atoms. The molecule has 0 radical (unpaired) electrons. The van der Waals surface area contributed by atoms with E-state index in [2.05, 4.69) is 6.08 Å². The Balaban J connectivity index is 2.22. The van der Waals surface area contributed by atoms with Gasteiger partial charge < -0.3 is 15.2 Å². The normalized spacial score (nSPS) is 15.4. The molecule has 86 valence electrons. The van der Waals surface area contributed by atoms with Crippen molar-refractivity contribution in [2.45, 2.75) is 19.9 Å². The fourth-order valence-corrected chi connectivity index (χ4v) is 1.96. The first-order valence-corrected chi connectivity index (χ1v) is 5.62. The van der Waals surface area contributed by atoms with Gasteiger partial charge in [0.1, 0.15) is 5.69 Å². The summed E-state index contributed by atoms with van der Waals surface area (Å²) in [5, 5.41) is 0. The highest BCUT2D eigenvalue weighted by molar-refractivity contribution is 5.94. The molecule has 1 aliphatic rings. The molecule has 0 bridgehead atoms. The molecule has 2 N–H and O–H groups in total. The Kier molecular flexibility index (Phi) is 2.99.